The van der Waals surface area contributed by atoms with E-state index in [0.717, 1.165) is 12.8 Å². The van der Waals surface area contributed by atoms with E-state index in [2.05, 4.69) is 10.1 Å². The summed E-state index contributed by atoms with van der Waals surface area (Å²) in [5, 5.41) is 0. The van der Waals surface area contributed by atoms with Gasteiger partial charge in [-0.25, -0.2) is 13.1 Å². The van der Waals surface area contributed by atoms with E-state index in [1.165, 1.54) is 12.1 Å². The molecule has 6 nitrogen and oxygen atoms in total. The van der Waals surface area contributed by atoms with E-state index in [1.807, 2.05) is 6.92 Å². The fourth-order valence-corrected chi connectivity index (χ4v) is 3.00. The fourth-order valence-electron chi connectivity index (χ4n) is 1.74. The Kier molecular flexibility index (Phi) is 6.23. The van der Waals surface area contributed by atoms with Gasteiger partial charge in [0.05, 0.1) is 11.5 Å². The molecule has 0 aliphatic carbocycles. The van der Waals surface area contributed by atoms with Gasteiger partial charge in [-0.1, -0.05) is 13.3 Å². The van der Waals surface area contributed by atoms with Crippen LogP contribution in [0.2, 0.25) is 0 Å². The molecule has 1 atom stereocenters. The number of hydrazine groups is 1. The molecule has 0 saturated heterocycles. The van der Waals surface area contributed by atoms with Gasteiger partial charge in [0.1, 0.15) is 0 Å². The molecule has 0 radical (unpaired) electrons. The molecule has 19 heavy (non-hydrogen) atoms. The van der Waals surface area contributed by atoms with Crippen LogP contribution in [0.5, 0.6) is 0 Å². The molecule has 0 saturated carbocycles. The van der Waals surface area contributed by atoms with Crippen LogP contribution in [0.3, 0.4) is 0 Å². The highest BCUT2D eigenvalue weighted by Gasteiger charge is 2.19. The van der Waals surface area contributed by atoms with Crippen LogP contribution in [0.25, 0.3) is 0 Å². The maximum Gasteiger partial charge on any atom is 0.240 e. The van der Waals surface area contributed by atoms with Crippen LogP contribution < -0.4 is 16.0 Å². The second-order valence-corrected chi connectivity index (χ2v) is 5.94. The lowest BCUT2D eigenvalue weighted by molar-refractivity contribution is 0.171. The van der Waals surface area contributed by atoms with Crippen molar-refractivity contribution in [1.29, 1.82) is 0 Å². The van der Waals surface area contributed by atoms with Gasteiger partial charge in [-0.05, 0) is 30.7 Å². The summed E-state index contributed by atoms with van der Waals surface area (Å²) in [4.78, 5) is 0.212. The van der Waals surface area contributed by atoms with Gasteiger partial charge < -0.3 is 10.2 Å². The molecule has 0 bridgehead atoms. The van der Waals surface area contributed by atoms with Gasteiger partial charge in [0.2, 0.25) is 10.0 Å². The van der Waals surface area contributed by atoms with Crippen molar-refractivity contribution in [3.05, 3.63) is 24.3 Å². The number of anilines is 1. The van der Waals surface area contributed by atoms with Gasteiger partial charge in [0.15, 0.2) is 0 Å². The number of nitrogen functional groups attached to an aromatic ring is 1. The van der Waals surface area contributed by atoms with Crippen LogP contribution >= 0.6 is 0 Å². The first-order valence-electron chi connectivity index (χ1n) is 6.11. The number of sulfonamides is 1. The van der Waals surface area contributed by atoms with Gasteiger partial charge in [0.25, 0.3) is 0 Å². The largest absolute Gasteiger partial charge is 0.383 e. The quantitative estimate of drug-likeness (QED) is 0.491. The molecular weight excluding hydrogens is 266 g/mol. The van der Waals surface area contributed by atoms with Crippen molar-refractivity contribution in [1.82, 2.24) is 4.72 Å². The standard InChI is InChI=1S/C12H21N3O3S/c1-3-4-11(9-18-2)15-19(16,17)12-7-5-10(14-13)6-8-12/h5-8,11,14-15H,3-4,9,13H2,1-2H3. The predicted molar refractivity (Wildman–Crippen MR) is 75.1 cm³/mol. The molecule has 0 fully saturated rings. The molecule has 7 heteroatoms. The van der Waals surface area contributed by atoms with E-state index in [-0.39, 0.29) is 10.9 Å². The molecule has 0 aliphatic rings. The zero-order valence-corrected chi connectivity index (χ0v) is 12.0. The number of nitrogens with two attached hydrogens (primary N) is 1. The van der Waals surface area contributed by atoms with Crippen molar-refractivity contribution in [2.45, 2.75) is 30.7 Å². The smallest absolute Gasteiger partial charge is 0.240 e. The van der Waals surface area contributed by atoms with Gasteiger partial charge in [0, 0.05) is 18.8 Å². The van der Waals surface area contributed by atoms with Crippen LogP contribution in [-0.4, -0.2) is 28.2 Å². The minimum absolute atomic E-state index is 0.212. The molecular formula is C12H21N3O3S. The monoisotopic (exact) mass is 287 g/mol. The van der Waals surface area contributed by atoms with Crippen molar-refractivity contribution < 1.29 is 13.2 Å². The highest BCUT2D eigenvalue weighted by molar-refractivity contribution is 7.89. The van der Waals surface area contributed by atoms with E-state index in [4.69, 9.17) is 10.6 Å². The molecule has 1 rings (SSSR count). The molecule has 0 spiro atoms. The first-order chi connectivity index (χ1) is 9.03. The SMILES string of the molecule is CCCC(COC)NS(=O)(=O)c1ccc(NN)cc1. The third-order valence-electron chi connectivity index (χ3n) is 2.66. The number of methoxy groups -OCH3 is 1. The summed E-state index contributed by atoms with van der Waals surface area (Å²) in [5.41, 5.74) is 3.11. The van der Waals surface area contributed by atoms with Gasteiger partial charge in [-0.3, -0.25) is 5.84 Å². The molecule has 0 heterocycles. The lowest BCUT2D eigenvalue weighted by Gasteiger charge is -2.17. The van der Waals surface area contributed by atoms with Crippen LogP contribution in [0.4, 0.5) is 5.69 Å². The van der Waals surface area contributed by atoms with Crippen LogP contribution in [0.15, 0.2) is 29.2 Å². The highest BCUT2D eigenvalue weighted by Crippen LogP contribution is 2.14. The first-order valence-corrected chi connectivity index (χ1v) is 7.59. The van der Waals surface area contributed by atoms with E-state index < -0.39 is 10.0 Å². The first kappa shape index (κ1) is 15.9. The van der Waals surface area contributed by atoms with Crippen LogP contribution in [0.1, 0.15) is 19.8 Å². The molecule has 0 amide bonds. The summed E-state index contributed by atoms with van der Waals surface area (Å²) in [6.45, 7) is 2.36. The molecule has 0 aliphatic heterocycles. The van der Waals surface area contributed by atoms with Crippen molar-refractivity contribution in [2.75, 3.05) is 19.1 Å². The maximum atomic E-state index is 12.2. The molecule has 4 N–H and O–H groups in total. The Bertz CT molecular complexity index is 467. The zero-order chi connectivity index (χ0) is 14.3. The van der Waals surface area contributed by atoms with Crippen LogP contribution in [-0.2, 0) is 14.8 Å². The van der Waals surface area contributed by atoms with E-state index in [9.17, 15) is 8.42 Å². The minimum atomic E-state index is -3.53. The van der Waals surface area contributed by atoms with E-state index in [0.29, 0.717) is 12.3 Å². The minimum Gasteiger partial charge on any atom is -0.383 e. The van der Waals surface area contributed by atoms with E-state index in [1.54, 1.807) is 19.2 Å². The summed E-state index contributed by atoms with van der Waals surface area (Å²) < 4.78 is 32.0. The average molecular weight is 287 g/mol. The lowest BCUT2D eigenvalue weighted by Crippen LogP contribution is -2.37. The van der Waals surface area contributed by atoms with Gasteiger partial charge in [-0.15, -0.1) is 0 Å². The van der Waals surface area contributed by atoms with Gasteiger partial charge in [-0.2, -0.15) is 0 Å². The van der Waals surface area contributed by atoms with Crippen molar-refractivity contribution >= 4 is 15.7 Å². The Labute approximate surface area is 114 Å². The van der Waals surface area contributed by atoms with E-state index >= 15 is 0 Å². The molecule has 0 aromatic heterocycles. The predicted octanol–water partition coefficient (Wildman–Crippen LogP) is 1.07. The Balaban J connectivity index is 2.83. The Morgan fingerprint density at radius 3 is 2.42 bits per heavy atom. The Morgan fingerprint density at radius 2 is 1.95 bits per heavy atom. The van der Waals surface area contributed by atoms with Gasteiger partial charge >= 0.3 is 0 Å². The molecule has 108 valence electrons. The zero-order valence-electron chi connectivity index (χ0n) is 11.2. The fraction of sp³-hybridized carbons (Fsp3) is 0.500. The highest BCUT2D eigenvalue weighted by atomic mass is 32.2. The summed E-state index contributed by atoms with van der Waals surface area (Å²) in [6.07, 6.45) is 1.61. The second kappa shape index (κ2) is 7.44. The summed E-state index contributed by atoms with van der Waals surface area (Å²) in [6, 6.07) is 6.02. The average Bonchev–Trinajstić information content (AvgIpc) is 2.39. The number of nitrogens with one attached hydrogen (secondary N) is 2. The summed E-state index contributed by atoms with van der Waals surface area (Å²) >= 11 is 0. The van der Waals surface area contributed by atoms with Crippen molar-refractivity contribution in [3.63, 3.8) is 0 Å². The maximum absolute atomic E-state index is 12.2. The number of benzene rings is 1. The molecule has 1 unspecified atom stereocenters. The topological polar surface area (TPSA) is 93.4 Å². The molecule has 1 aromatic carbocycles. The number of ether oxygens (including phenoxy) is 1. The third kappa shape index (κ3) is 4.79. The number of hydrogen-bond donors (Lipinski definition) is 3. The molecule has 1 aromatic rings. The van der Waals surface area contributed by atoms with Crippen LogP contribution in [0, 0.1) is 0 Å². The number of rotatable bonds is 8. The van der Waals surface area contributed by atoms with Crippen molar-refractivity contribution in [2.24, 2.45) is 5.84 Å². The lowest BCUT2D eigenvalue weighted by atomic mass is 10.2. The normalized spacial score (nSPS) is 13.2. The second-order valence-electron chi connectivity index (χ2n) is 4.23. The summed E-state index contributed by atoms with van der Waals surface area (Å²) in [5.74, 6) is 5.24. The van der Waals surface area contributed by atoms with Crippen molar-refractivity contribution in [3.8, 4) is 0 Å². The Morgan fingerprint density at radius 1 is 1.32 bits per heavy atom. The summed E-state index contributed by atoms with van der Waals surface area (Å²) in [7, 11) is -1.97. The third-order valence-corrected chi connectivity index (χ3v) is 4.19. The number of hydrogen-bond acceptors (Lipinski definition) is 5. The Hall–Kier alpha value is -1.15.